The predicted octanol–water partition coefficient (Wildman–Crippen LogP) is 2.99. The van der Waals surface area contributed by atoms with Crippen molar-refractivity contribution >= 4 is 28.8 Å². The molecule has 0 aliphatic heterocycles. The zero-order valence-corrected chi connectivity index (χ0v) is 14.3. The zero-order valence-electron chi connectivity index (χ0n) is 13.5. The monoisotopic (exact) mass is 354 g/mol. The fourth-order valence-corrected chi connectivity index (χ4v) is 3.21. The third-order valence-corrected chi connectivity index (χ3v) is 4.61. The Hall–Kier alpha value is -2.93. The molecule has 3 N–H and O–H groups in total. The van der Waals surface area contributed by atoms with E-state index in [1.165, 1.54) is 9.56 Å². The number of thiophene rings is 1. The number of primary amides is 1. The second-order valence-electron chi connectivity index (χ2n) is 5.51. The first-order valence-corrected chi connectivity index (χ1v) is 8.78. The minimum Gasteiger partial charge on any atom is -0.364 e. The van der Waals surface area contributed by atoms with Crippen LogP contribution in [0.3, 0.4) is 0 Å². The Morgan fingerprint density at radius 3 is 2.72 bits per heavy atom. The van der Waals surface area contributed by atoms with E-state index < -0.39 is 5.91 Å². The Kier molecular flexibility index (Phi) is 5.25. The van der Waals surface area contributed by atoms with Crippen LogP contribution in [0.15, 0.2) is 54.0 Å². The van der Waals surface area contributed by atoms with Crippen LogP contribution < -0.4 is 11.1 Å². The van der Waals surface area contributed by atoms with Crippen LogP contribution >= 0.6 is 11.3 Å². The van der Waals surface area contributed by atoms with E-state index in [0.29, 0.717) is 17.8 Å². The molecule has 0 fully saturated rings. The molecule has 0 saturated carbocycles. The maximum Gasteiger partial charge on any atom is 0.269 e. The molecule has 1 aromatic carbocycles. The Morgan fingerprint density at radius 2 is 2.00 bits per heavy atom. The number of nitrogens with two attached hydrogens (primary N) is 1. The average Bonchev–Trinajstić information content (AvgIpc) is 3.27. The quantitative estimate of drug-likeness (QED) is 0.683. The third-order valence-electron chi connectivity index (χ3n) is 3.67. The molecular formula is C18H18N4O2S. The molecule has 0 aliphatic carbocycles. The Balaban J connectivity index is 1.65. The molecular weight excluding hydrogens is 336 g/mol. The van der Waals surface area contributed by atoms with E-state index in [1.54, 1.807) is 29.7 Å². The predicted molar refractivity (Wildman–Crippen MR) is 98.0 cm³/mol. The highest BCUT2D eigenvalue weighted by atomic mass is 32.1. The summed E-state index contributed by atoms with van der Waals surface area (Å²) in [5.41, 5.74) is 6.74. The number of rotatable bonds is 7. The number of hydrogen-bond donors (Lipinski definition) is 2. The number of anilines is 1. The van der Waals surface area contributed by atoms with Crippen LogP contribution in [-0.2, 0) is 11.2 Å². The second-order valence-corrected chi connectivity index (χ2v) is 6.54. The van der Waals surface area contributed by atoms with Gasteiger partial charge in [-0.1, -0.05) is 18.2 Å². The number of aromatic nitrogens is 2. The van der Waals surface area contributed by atoms with Gasteiger partial charge in [-0.15, -0.1) is 11.3 Å². The SMILES string of the molecule is NC(=O)c1ccn(-c2ccccc2NC(=O)CCCc2cccs2)n1. The lowest BCUT2D eigenvalue weighted by molar-refractivity contribution is -0.116. The number of nitrogens with one attached hydrogen (secondary N) is 1. The smallest absolute Gasteiger partial charge is 0.269 e. The lowest BCUT2D eigenvalue weighted by Gasteiger charge is -2.11. The van der Waals surface area contributed by atoms with Crippen LogP contribution in [0.1, 0.15) is 28.2 Å². The normalized spacial score (nSPS) is 10.6. The van der Waals surface area contributed by atoms with E-state index in [0.717, 1.165) is 12.8 Å². The highest BCUT2D eigenvalue weighted by Gasteiger charge is 2.11. The highest BCUT2D eigenvalue weighted by Crippen LogP contribution is 2.20. The summed E-state index contributed by atoms with van der Waals surface area (Å²) in [4.78, 5) is 24.7. The molecule has 0 spiro atoms. The average molecular weight is 354 g/mol. The van der Waals surface area contributed by atoms with Gasteiger partial charge in [-0.25, -0.2) is 4.68 Å². The molecule has 128 valence electrons. The molecule has 6 nitrogen and oxygen atoms in total. The molecule has 25 heavy (non-hydrogen) atoms. The van der Waals surface area contributed by atoms with Crippen LogP contribution in [0.2, 0.25) is 0 Å². The van der Waals surface area contributed by atoms with Gasteiger partial charge in [0.25, 0.3) is 5.91 Å². The first-order chi connectivity index (χ1) is 12.1. The van der Waals surface area contributed by atoms with Crippen molar-refractivity contribution in [2.45, 2.75) is 19.3 Å². The van der Waals surface area contributed by atoms with Gasteiger partial charge in [0.2, 0.25) is 5.91 Å². The molecule has 2 aromatic heterocycles. The fraction of sp³-hybridized carbons (Fsp3) is 0.167. The summed E-state index contributed by atoms with van der Waals surface area (Å²) in [6.07, 6.45) is 3.77. The van der Waals surface area contributed by atoms with Crippen LogP contribution in [0.5, 0.6) is 0 Å². The number of benzene rings is 1. The van der Waals surface area contributed by atoms with Crippen LogP contribution in [0, 0.1) is 0 Å². The molecule has 0 unspecified atom stereocenters. The van der Waals surface area contributed by atoms with Crippen molar-refractivity contribution in [2.75, 3.05) is 5.32 Å². The van der Waals surface area contributed by atoms with E-state index in [2.05, 4.69) is 16.5 Å². The van der Waals surface area contributed by atoms with Crippen LogP contribution in [0.25, 0.3) is 5.69 Å². The summed E-state index contributed by atoms with van der Waals surface area (Å²) >= 11 is 1.70. The molecule has 0 bridgehead atoms. The molecule has 0 saturated heterocycles. The Morgan fingerprint density at radius 1 is 1.16 bits per heavy atom. The van der Waals surface area contributed by atoms with E-state index in [1.807, 2.05) is 29.6 Å². The fourth-order valence-electron chi connectivity index (χ4n) is 2.46. The van der Waals surface area contributed by atoms with Crippen molar-refractivity contribution in [3.8, 4) is 5.69 Å². The molecule has 2 amide bonds. The Bertz CT molecular complexity index is 871. The van der Waals surface area contributed by atoms with Crippen molar-refractivity contribution in [1.82, 2.24) is 9.78 Å². The van der Waals surface area contributed by atoms with Gasteiger partial charge in [-0.2, -0.15) is 5.10 Å². The summed E-state index contributed by atoms with van der Waals surface area (Å²) in [5.74, 6) is -0.639. The van der Waals surface area contributed by atoms with Crippen molar-refractivity contribution in [1.29, 1.82) is 0 Å². The first kappa shape index (κ1) is 16.9. The summed E-state index contributed by atoms with van der Waals surface area (Å²) < 4.78 is 1.53. The second kappa shape index (κ2) is 7.76. The minimum absolute atomic E-state index is 0.0497. The number of hydrogen-bond acceptors (Lipinski definition) is 4. The molecule has 3 aromatic rings. The number of aryl methyl sites for hydroxylation is 1. The number of para-hydroxylation sites is 2. The molecule has 0 atom stereocenters. The highest BCUT2D eigenvalue weighted by molar-refractivity contribution is 7.09. The zero-order chi connectivity index (χ0) is 17.6. The topological polar surface area (TPSA) is 90.0 Å². The molecule has 7 heteroatoms. The van der Waals surface area contributed by atoms with Gasteiger partial charge in [0, 0.05) is 17.5 Å². The van der Waals surface area contributed by atoms with Gasteiger partial charge in [-0.3, -0.25) is 9.59 Å². The molecule has 3 rings (SSSR count). The number of carbonyl (C=O) groups excluding carboxylic acids is 2. The first-order valence-electron chi connectivity index (χ1n) is 7.90. The van der Waals surface area contributed by atoms with Gasteiger partial charge in [0.05, 0.1) is 11.4 Å². The van der Waals surface area contributed by atoms with Crippen molar-refractivity contribution in [2.24, 2.45) is 5.73 Å². The van der Waals surface area contributed by atoms with Crippen molar-refractivity contribution < 1.29 is 9.59 Å². The van der Waals surface area contributed by atoms with E-state index in [9.17, 15) is 9.59 Å². The number of amides is 2. The molecule has 2 heterocycles. The lowest BCUT2D eigenvalue weighted by Crippen LogP contribution is -2.15. The van der Waals surface area contributed by atoms with Gasteiger partial charge >= 0.3 is 0 Å². The van der Waals surface area contributed by atoms with E-state index in [4.69, 9.17) is 5.73 Å². The van der Waals surface area contributed by atoms with Gasteiger partial charge in [0.15, 0.2) is 0 Å². The van der Waals surface area contributed by atoms with Crippen molar-refractivity contribution in [3.63, 3.8) is 0 Å². The standard InChI is InChI=1S/C18H18N4O2S/c19-18(24)15-10-11-22(21-15)16-8-2-1-7-14(16)20-17(23)9-3-5-13-6-4-12-25-13/h1-2,4,6-8,10-12H,3,5,9H2,(H2,19,24)(H,20,23). The largest absolute Gasteiger partial charge is 0.364 e. The van der Waals surface area contributed by atoms with Crippen LogP contribution in [0.4, 0.5) is 5.69 Å². The summed E-state index contributed by atoms with van der Waals surface area (Å²) in [5, 5.41) is 9.09. The van der Waals surface area contributed by atoms with Gasteiger partial charge < -0.3 is 11.1 Å². The Labute approximate surface area is 149 Å². The minimum atomic E-state index is -0.589. The van der Waals surface area contributed by atoms with Gasteiger partial charge in [-0.05, 0) is 42.5 Å². The molecule has 0 aliphatic rings. The molecule has 0 radical (unpaired) electrons. The van der Waals surface area contributed by atoms with Crippen LogP contribution in [-0.4, -0.2) is 21.6 Å². The van der Waals surface area contributed by atoms with Gasteiger partial charge in [0.1, 0.15) is 5.69 Å². The lowest BCUT2D eigenvalue weighted by atomic mass is 10.2. The van der Waals surface area contributed by atoms with E-state index in [-0.39, 0.29) is 11.6 Å². The summed E-state index contributed by atoms with van der Waals surface area (Å²) in [6.45, 7) is 0. The van der Waals surface area contributed by atoms with E-state index >= 15 is 0 Å². The summed E-state index contributed by atoms with van der Waals surface area (Å²) in [7, 11) is 0. The number of nitrogens with zero attached hydrogens (tertiary/aromatic N) is 2. The maximum absolute atomic E-state index is 12.2. The third kappa shape index (κ3) is 4.33. The number of carbonyl (C=O) groups is 2. The maximum atomic E-state index is 12.2. The summed E-state index contributed by atoms with van der Waals surface area (Å²) in [6, 6.07) is 12.9. The van der Waals surface area contributed by atoms with Crippen molar-refractivity contribution in [3.05, 3.63) is 64.6 Å².